The number of hydrogen-bond donors (Lipinski definition) is 2. The predicted molar refractivity (Wildman–Crippen MR) is 82.7 cm³/mol. The summed E-state index contributed by atoms with van der Waals surface area (Å²) in [6, 6.07) is 15.6. The molecule has 21 heavy (non-hydrogen) atoms. The molecule has 0 radical (unpaired) electrons. The molecule has 0 bridgehead atoms. The van der Waals surface area contributed by atoms with Crippen molar-refractivity contribution in [3.63, 3.8) is 0 Å². The van der Waals surface area contributed by atoms with Gasteiger partial charge in [0.2, 0.25) is 5.91 Å². The monoisotopic (exact) mass is 284 g/mol. The summed E-state index contributed by atoms with van der Waals surface area (Å²) in [6.07, 6.45) is 0. The predicted octanol–water partition coefficient (Wildman–Crippen LogP) is 2.22. The Hall–Kier alpha value is -2.17. The summed E-state index contributed by atoms with van der Waals surface area (Å²) in [6.45, 7) is 2.16. The Morgan fingerprint density at radius 3 is 2.38 bits per heavy atom. The van der Waals surface area contributed by atoms with Crippen LogP contribution in [0.15, 0.2) is 48.5 Å². The van der Waals surface area contributed by atoms with E-state index < -0.39 is 5.91 Å². The standard InChI is InChI=1S/C17H20N2O2/c1-21-12-15-4-2-3-14(9-15)11-19-10-13-5-7-16(8-6-13)17(18)20/h2-9,19H,10-12H2,1H3,(H2,18,20). The van der Waals surface area contributed by atoms with Gasteiger partial charge in [-0.25, -0.2) is 0 Å². The number of hydrogen-bond acceptors (Lipinski definition) is 3. The quantitative estimate of drug-likeness (QED) is 0.819. The van der Waals surface area contributed by atoms with Gasteiger partial charge in [0.25, 0.3) is 0 Å². The van der Waals surface area contributed by atoms with Gasteiger partial charge in [-0.05, 0) is 28.8 Å². The smallest absolute Gasteiger partial charge is 0.248 e. The molecule has 0 aliphatic carbocycles. The summed E-state index contributed by atoms with van der Waals surface area (Å²) < 4.78 is 5.13. The van der Waals surface area contributed by atoms with E-state index in [1.807, 2.05) is 18.2 Å². The topological polar surface area (TPSA) is 64.3 Å². The van der Waals surface area contributed by atoms with Crippen molar-refractivity contribution in [1.29, 1.82) is 0 Å². The van der Waals surface area contributed by atoms with E-state index in [1.165, 1.54) is 11.1 Å². The molecule has 0 unspecified atom stereocenters. The molecular weight excluding hydrogens is 264 g/mol. The lowest BCUT2D eigenvalue weighted by Gasteiger charge is -2.07. The van der Waals surface area contributed by atoms with Gasteiger partial charge in [-0.15, -0.1) is 0 Å². The van der Waals surface area contributed by atoms with Gasteiger partial charge in [0.15, 0.2) is 0 Å². The molecule has 0 aliphatic rings. The highest BCUT2D eigenvalue weighted by Crippen LogP contribution is 2.07. The van der Waals surface area contributed by atoms with Crippen LogP contribution in [0.25, 0.3) is 0 Å². The summed E-state index contributed by atoms with van der Waals surface area (Å²) in [5.41, 5.74) is 9.26. The van der Waals surface area contributed by atoms with Crippen LogP contribution < -0.4 is 11.1 Å². The molecular formula is C17H20N2O2. The first-order valence-corrected chi connectivity index (χ1v) is 6.85. The van der Waals surface area contributed by atoms with Gasteiger partial charge in [0, 0.05) is 25.8 Å². The van der Waals surface area contributed by atoms with Crippen LogP contribution in [0.1, 0.15) is 27.0 Å². The Balaban J connectivity index is 1.86. The maximum Gasteiger partial charge on any atom is 0.248 e. The van der Waals surface area contributed by atoms with E-state index in [0.29, 0.717) is 12.2 Å². The van der Waals surface area contributed by atoms with Gasteiger partial charge in [0.1, 0.15) is 0 Å². The van der Waals surface area contributed by atoms with Gasteiger partial charge >= 0.3 is 0 Å². The molecule has 110 valence electrons. The number of carbonyl (C=O) groups excluding carboxylic acids is 1. The number of nitrogens with one attached hydrogen (secondary N) is 1. The molecule has 2 rings (SSSR count). The van der Waals surface area contributed by atoms with Gasteiger partial charge in [-0.1, -0.05) is 36.4 Å². The molecule has 4 nitrogen and oxygen atoms in total. The van der Waals surface area contributed by atoms with Crippen LogP contribution in [0, 0.1) is 0 Å². The molecule has 0 spiro atoms. The zero-order chi connectivity index (χ0) is 15.1. The number of amides is 1. The normalized spacial score (nSPS) is 10.5. The number of carbonyl (C=O) groups is 1. The number of ether oxygens (including phenoxy) is 1. The first-order chi connectivity index (χ1) is 10.2. The second kappa shape index (κ2) is 7.57. The van der Waals surface area contributed by atoms with Crippen molar-refractivity contribution in [3.8, 4) is 0 Å². The van der Waals surface area contributed by atoms with E-state index in [9.17, 15) is 4.79 Å². The first-order valence-electron chi connectivity index (χ1n) is 6.85. The Morgan fingerprint density at radius 1 is 1.05 bits per heavy atom. The van der Waals surface area contributed by atoms with Crippen LogP contribution in [-0.2, 0) is 24.4 Å². The zero-order valence-corrected chi connectivity index (χ0v) is 12.1. The fraction of sp³-hybridized carbons (Fsp3) is 0.235. The van der Waals surface area contributed by atoms with E-state index in [1.54, 1.807) is 19.2 Å². The fourth-order valence-corrected chi connectivity index (χ4v) is 2.13. The summed E-state index contributed by atoms with van der Waals surface area (Å²) in [7, 11) is 1.70. The zero-order valence-electron chi connectivity index (χ0n) is 12.1. The molecule has 2 aromatic carbocycles. The minimum absolute atomic E-state index is 0.399. The first kappa shape index (κ1) is 15.2. The average molecular weight is 284 g/mol. The van der Waals surface area contributed by atoms with Crippen LogP contribution in [0.5, 0.6) is 0 Å². The fourth-order valence-electron chi connectivity index (χ4n) is 2.13. The third-order valence-corrected chi connectivity index (χ3v) is 3.20. The van der Waals surface area contributed by atoms with E-state index in [0.717, 1.165) is 18.7 Å². The van der Waals surface area contributed by atoms with Crippen molar-refractivity contribution in [2.45, 2.75) is 19.7 Å². The molecule has 2 aromatic rings. The Bertz CT molecular complexity index is 594. The van der Waals surface area contributed by atoms with Crippen LogP contribution in [0.3, 0.4) is 0 Å². The van der Waals surface area contributed by atoms with E-state index in [4.69, 9.17) is 10.5 Å². The van der Waals surface area contributed by atoms with Crippen molar-refractivity contribution in [3.05, 3.63) is 70.8 Å². The van der Waals surface area contributed by atoms with Gasteiger partial charge in [-0.3, -0.25) is 4.79 Å². The number of primary amides is 1. The summed E-state index contributed by atoms with van der Waals surface area (Å²) >= 11 is 0. The second-order valence-corrected chi connectivity index (χ2v) is 4.92. The second-order valence-electron chi connectivity index (χ2n) is 4.92. The SMILES string of the molecule is COCc1cccc(CNCc2ccc(C(N)=O)cc2)c1. The molecule has 0 atom stereocenters. The van der Waals surface area contributed by atoms with Crippen molar-refractivity contribution < 1.29 is 9.53 Å². The van der Waals surface area contributed by atoms with Crippen LogP contribution in [0.4, 0.5) is 0 Å². The Labute approximate surface area is 124 Å². The molecule has 0 aromatic heterocycles. The maximum absolute atomic E-state index is 11.0. The minimum Gasteiger partial charge on any atom is -0.380 e. The molecule has 4 heteroatoms. The van der Waals surface area contributed by atoms with Crippen molar-refractivity contribution in [1.82, 2.24) is 5.32 Å². The largest absolute Gasteiger partial charge is 0.380 e. The van der Waals surface area contributed by atoms with Crippen molar-refractivity contribution >= 4 is 5.91 Å². The van der Waals surface area contributed by atoms with Crippen LogP contribution in [-0.4, -0.2) is 13.0 Å². The summed E-state index contributed by atoms with van der Waals surface area (Å²) in [5.74, 6) is -0.399. The Morgan fingerprint density at radius 2 is 1.71 bits per heavy atom. The minimum atomic E-state index is -0.399. The highest BCUT2D eigenvalue weighted by Gasteiger charge is 2.00. The molecule has 0 aliphatic heterocycles. The van der Waals surface area contributed by atoms with E-state index >= 15 is 0 Å². The lowest BCUT2D eigenvalue weighted by Crippen LogP contribution is -2.14. The summed E-state index contributed by atoms with van der Waals surface area (Å²) in [5, 5.41) is 3.38. The van der Waals surface area contributed by atoms with Gasteiger partial charge in [0.05, 0.1) is 6.61 Å². The lowest BCUT2D eigenvalue weighted by atomic mass is 10.1. The third kappa shape index (κ3) is 4.70. The van der Waals surface area contributed by atoms with Crippen LogP contribution >= 0.6 is 0 Å². The average Bonchev–Trinajstić information content (AvgIpc) is 2.48. The number of nitrogens with two attached hydrogens (primary N) is 1. The lowest BCUT2D eigenvalue weighted by molar-refractivity contribution is 0.100. The highest BCUT2D eigenvalue weighted by molar-refractivity contribution is 5.92. The molecule has 3 N–H and O–H groups in total. The van der Waals surface area contributed by atoms with Crippen LogP contribution in [0.2, 0.25) is 0 Å². The van der Waals surface area contributed by atoms with Crippen molar-refractivity contribution in [2.75, 3.05) is 7.11 Å². The highest BCUT2D eigenvalue weighted by atomic mass is 16.5. The molecule has 0 saturated heterocycles. The molecule has 1 amide bonds. The molecule has 0 fully saturated rings. The maximum atomic E-state index is 11.0. The van der Waals surface area contributed by atoms with E-state index in [-0.39, 0.29) is 0 Å². The third-order valence-electron chi connectivity index (χ3n) is 3.20. The number of rotatable bonds is 7. The van der Waals surface area contributed by atoms with Crippen molar-refractivity contribution in [2.24, 2.45) is 5.73 Å². The number of methoxy groups -OCH3 is 1. The molecule has 0 heterocycles. The van der Waals surface area contributed by atoms with E-state index in [2.05, 4.69) is 23.5 Å². The number of benzene rings is 2. The summed E-state index contributed by atoms with van der Waals surface area (Å²) in [4.78, 5) is 11.0. The van der Waals surface area contributed by atoms with Gasteiger partial charge < -0.3 is 15.8 Å². The van der Waals surface area contributed by atoms with Gasteiger partial charge in [-0.2, -0.15) is 0 Å². The molecule has 0 saturated carbocycles. The Kier molecular flexibility index (Phi) is 5.49.